The monoisotopic (exact) mass is 1420 g/mol. The van der Waals surface area contributed by atoms with Crippen molar-refractivity contribution in [3.05, 3.63) is 324 Å². The van der Waals surface area contributed by atoms with Crippen molar-refractivity contribution >= 4 is 53.9 Å². The van der Waals surface area contributed by atoms with Gasteiger partial charge in [0.05, 0.1) is 40.8 Å². The molecule has 0 spiro atoms. The van der Waals surface area contributed by atoms with Crippen molar-refractivity contribution in [3.8, 4) is 56.3 Å². The first-order valence-electron chi connectivity index (χ1n) is 40.4. The first-order chi connectivity index (χ1) is 52.9. The highest BCUT2D eigenvalue weighted by Crippen LogP contribution is 2.39. The third kappa shape index (κ3) is 14.4. The fourth-order valence-electron chi connectivity index (χ4n) is 17.2. The molecule has 5 heterocycles. The number of rotatable bonds is 5. The summed E-state index contributed by atoms with van der Waals surface area (Å²) in [5.41, 5.74) is 40.5. The van der Waals surface area contributed by atoms with Gasteiger partial charge in [-0.3, -0.25) is 0 Å². The second-order valence-corrected chi connectivity index (χ2v) is 31.3. The van der Waals surface area contributed by atoms with Crippen molar-refractivity contribution in [3.63, 3.8) is 0 Å². The Morgan fingerprint density at radius 1 is 0.269 bits per heavy atom. The molecule has 0 bridgehead atoms. The minimum atomic E-state index is 0.399. The zero-order valence-corrected chi connectivity index (χ0v) is 68.4. The molecule has 0 aliphatic heterocycles. The highest BCUT2D eigenvalue weighted by molar-refractivity contribution is 6.00. The Labute approximate surface area is 648 Å². The van der Waals surface area contributed by atoms with Crippen LogP contribution in [-0.4, -0.2) is 0 Å². The zero-order valence-electron chi connectivity index (χ0n) is 71.4. The Balaban J connectivity index is 0.000000122. The van der Waals surface area contributed by atoms with E-state index >= 15 is 0 Å². The van der Waals surface area contributed by atoms with E-state index in [0.717, 1.165) is 23.2 Å². The van der Waals surface area contributed by atoms with Gasteiger partial charge in [-0.25, -0.2) is 4.57 Å². The first-order valence-corrected chi connectivity index (χ1v) is 38.9. The lowest BCUT2D eigenvalue weighted by molar-refractivity contribution is -0.666. The molecule has 15 aromatic rings. The van der Waals surface area contributed by atoms with Crippen LogP contribution in [0.1, 0.15) is 134 Å². The number of aryl methyl sites for hydroxylation is 15. The normalized spacial score (nSPS) is 12.5. The first kappa shape index (κ1) is 71.5. The third-order valence-corrected chi connectivity index (χ3v) is 24.4. The van der Waals surface area contributed by atoms with Crippen LogP contribution in [0, 0.1) is 118 Å². The fourth-order valence-corrected chi connectivity index (χ4v) is 17.2. The van der Waals surface area contributed by atoms with Gasteiger partial charge < -0.3 is 0 Å². The summed E-state index contributed by atoms with van der Waals surface area (Å²) in [5, 5.41) is 13.0. The van der Waals surface area contributed by atoms with Gasteiger partial charge in [0, 0.05) is 73.2 Å². The molecule has 0 radical (unpaired) electrons. The number of aromatic nitrogens is 5. The number of hydrogen-bond acceptors (Lipinski definition) is 0. The summed E-state index contributed by atoms with van der Waals surface area (Å²) in [6, 6.07) is 68.6. The Kier molecular flexibility index (Phi) is 20.7. The number of nitrogens with zero attached hydrogens (tertiary/aromatic N) is 5. The van der Waals surface area contributed by atoms with Crippen LogP contribution in [0.25, 0.3) is 110 Å². The van der Waals surface area contributed by atoms with Crippen molar-refractivity contribution < 1.29 is 26.9 Å². The Hall–Kier alpha value is -10.8. The Morgan fingerprint density at radius 2 is 0.657 bits per heavy atom. The second kappa shape index (κ2) is 31.2. The molecule has 108 heavy (non-hydrogen) atoms. The summed E-state index contributed by atoms with van der Waals surface area (Å²) in [6.45, 7) is 37.0. The van der Waals surface area contributed by atoms with E-state index in [0.29, 0.717) is 18.3 Å². The predicted molar refractivity (Wildman–Crippen MR) is 457 cm³/mol. The molecule has 0 saturated heterocycles. The van der Waals surface area contributed by atoms with Crippen LogP contribution in [0.3, 0.4) is 0 Å². The quantitative estimate of drug-likeness (QED) is 0.153. The van der Waals surface area contributed by atoms with Gasteiger partial charge in [0.15, 0.2) is 28.9 Å². The van der Waals surface area contributed by atoms with Crippen molar-refractivity contribution in [2.45, 2.75) is 156 Å². The maximum Gasteiger partial charge on any atom is 0.220 e. The standard InChI is InChI=1S/C22H24N.C21H22N.C21H24N.C20H22N.C19H20N/c1-14-10-15(2)16(3)20(11-14)22-21-13-18-7-5-6-17(18)12-19(21)8-9-23(22)4;1-14-7-4-5-10-19(14)21-20-13-17-9-6-8-16(17)12-18(20)11-15(2)22(21)3;1-13-11-14(2)15(3)20(12-13)21-19-10-8-7-9-18(19)16(4)17(5)22(21)6;1-13-10-11-14(2)19(12-13)20-18-9-7-6-8-17(18)15(3)16(4)21(20)5;1-13-9-5-6-10-16(13)19-18-12-8-7-11-17(18)14(2)15(3)20(19)4/h8-13H,5-7H2,1-4H3;4-5,7,10-13H,6,8-9H2,1-3H3;7-12H,1-6H3;6-12H,1-5H3;5-12H,1-4H3/q5*+1/i9D;5D,7D;;;. The number of benzene rings is 10. The van der Waals surface area contributed by atoms with E-state index in [9.17, 15) is 0 Å². The maximum absolute atomic E-state index is 8.43. The van der Waals surface area contributed by atoms with E-state index in [2.05, 4.69) is 327 Å². The topological polar surface area (TPSA) is 19.4 Å². The predicted octanol–water partition coefficient (Wildman–Crippen LogP) is 22.9. The molecule has 17 rings (SSSR count). The molecule has 544 valence electrons. The molecule has 2 aliphatic rings. The average Bonchev–Trinajstić information content (AvgIpc) is 1.47. The zero-order chi connectivity index (χ0) is 79.5. The average molecular weight is 1420 g/mol. The minimum Gasteiger partial charge on any atom is -0.200 e. The molecule has 5 aromatic heterocycles. The molecule has 0 atom stereocenters. The third-order valence-electron chi connectivity index (χ3n) is 24.4. The molecule has 10 aromatic carbocycles. The smallest absolute Gasteiger partial charge is 0.200 e. The highest BCUT2D eigenvalue weighted by atomic mass is 15.0. The van der Waals surface area contributed by atoms with Gasteiger partial charge in [-0.1, -0.05) is 144 Å². The molecule has 0 amide bonds. The SMILES string of the molecule is Cc1cc(C)c(C)c(-c2c3ccccc3c(C)c(C)[n+]2C)c1.Cc1ccc(C)c(-c2c3ccccc3c(C)c(C)[n+]2C)c1.Cc1ccccc1-c1c2ccccc2c(C)c(C)[n+]1C.[2H]c1cc([2H])c(C)c(-c2c3cc4c(cc3cc(C)[n+]2C)CCC4)c1.[2H]c1cc2cc3c(cc2c(-c2cc(C)cc(C)c2C)[n+]1C)CCC3. The van der Waals surface area contributed by atoms with Crippen molar-refractivity contribution in [1.29, 1.82) is 0 Å². The molecule has 0 fully saturated rings. The van der Waals surface area contributed by atoms with E-state index < -0.39 is 0 Å². The number of hydrogen-bond donors (Lipinski definition) is 0. The van der Waals surface area contributed by atoms with Gasteiger partial charge in [0.1, 0.15) is 36.6 Å². The summed E-state index contributed by atoms with van der Waals surface area (Å²) in [4.78, 5) is 0. The lowest BCUT2D eigenvalue weighted by Crippen LogP contribution is -2.36. The molecular weight excluding hydrogens is 1310 g/mol. The van der Waals surface area contributed by atoms with Crippen LogP contribution in [0.15, 0.2) is 206 Å². The summed E-state index contributed by atoms with van der Waals surface area (Å²) in [6.07, 6.45) is 7.75. The highest BCUT2D eigenvalue weighted by Gasteiger charge is 2.28. The van der Waals surface area contributed by atoms with Crippen molar-refractivity contribution in [1.82, 2.24) is 0 Å². The van der Waals surface area contributed by atoms with Gasteiger partial charge >= 0.3 is 0 Å². The summed E-state index contributed by atoms with van der Waals surface area (Å²) in [7, 11) is 10.6. The lowest BCUT2D eigenvalue weighted by atomic mass is 9.93. The van der Waals surface area contributed by atoms with Gasteiger partial charge in [-0.05, 0) is 277 Å². The second-order valence-electron chi connectivity index (χ2n) is 31.3. The van der Waals surface area contributed by atoms with E-state index in [1.54, 1.807) is 6.07 Å². The number of pyridine rings is 5. The Bertz CT molecular complexity index is 6110. The molecular formula is C103H112N5+5. The fraction of sp³-hybridized carbons (Fsp3) is 0.272. The maximum atomic E-state index is 8.43. The molecule has 2 aliphatic carbocycles. The largest absolute Gasteiger partial charge is 0.220 e. The van der Waals surface area contributed by atoms with Crippen LogP contribution in [0.4, 0.5) is 0 Å². The summed E-state index contributed by atoms with van der Waals surface area (Å²) < 4.78 is 35.9. The lowest BCUT2D eigenvalue weighted by Gasteiger charge is -2.14. The molecule has 0 N–H and O–H groups in total. The van der Waals surface area contributed by atoms with Gasteiger partial charge in [-0.15, -0.1) is 0 Å². The van der Waals surface area contributed by atoms with E-state index in [1.165, 1.54) is 243 Å². The summed E-state index contributed by atoms with van der Waals surface area (Å²) in [5.74, 6) is 0. The molecule has 5 nitrogen and oxygen atoms in total. The minimum absolute atomic E-state index is 0.399. The van der Waals surface area contributed by atoms with Crippen LogP contribution < -0.4 is 22.8 Å². The van der Waals surface area contributed by atoms with Crippen molar-refractivity contribution in [2.24, 2.45) is 35.2 Å². The number of fused-ring (bicyclic) bond motifs is 7. The molecule has 0 saturated carbocycles. The molecule has 0 unspecified atom stereocenters. The van der Waals surface area contributed by atoms with Crippen LogP contribution >= 0.6 is 0 Å². The van der Waals surface area contributed by atoms with E-state index in [-0.39, 0.29) is 0 Å². The molecule has 5 heteroatoms. The van der Waals surface area contributed by atoms with E-state index in [1.807, 2.05) is 30.7 Å². The van der Waals surface area contributed by atoms with Crippen LogP contribution in [0.5, 0.6) is 0 Å². The Morgan fingerprint density at radius 3 is 1.16 bits per heavy atom. The van der Waals surface area contributed by atoms with E-state index in [4.69, 9.17) is 4.11 Å². The van der Waals surface area contributed by atoms with Crippen LogP contribution in [0.2, 0.25) is 0 Å². The summed E-state index contributed by atoms with van der Waals surface area (Å²) >= 11 is 0. The van der Waals surface area contributed by atoms with Crippen molar-refractivity contribution in [2.75, 3.05) is 0 Å². The van der Waals surface area contributed by atoms with Gasteiger partial charge in [-0.2, -0.15) is 18.3 Å². The van der Waals surface area contributed by atoms with Gasteiger partial charge in [0.25, 0.3) is 0 Å². The van der Waals surface area contributed by atoms with Gasteiger partial charge in [0.2, 0.25) is 28.5 Å². The van der Waals surface area contributed by atoms with Crippen LogP contribution in [-0.2, 0) is 60.9 Å².